The molecule has 0 spiro atoms. The second-order valence-corrected chi connectivity index (χ2v) is 7.36. The zero-order valence-corrected chi connectivity index (χ0v) is 18.2. The largest absolute Gasteiger partial charge is 0.507 e. The van der Waals surface area contributed by atoms with Crippen molar-refractivity contribution in [3.63, 3.8) is 0 Å². The minimum atomic E-state index is -0.722. The SMILES string of the molecule is CCN(CC)CCCN1C(=O)C(=O)C(=C(O)c2ccc(OC)cc2)[C@@H]1c1ccccn1. The lowest BCUT2D eigenvalue weighted by Gasteiger charge is -2.26. The van der Waals surface area contributed by atoms with Gasteiger partial charge in [-0.2, -0.15) is 0 Å². The molecular weight excluding hydrogens is 394 g/mol. The topological polar surface area (TPSA) is 83.0 Å². The van der Waals surface area contributed by atoms with Gasteiger partial charge in [-0.1, -0.05) is 19.9 Å². The van der Waals surface area contributed by atoms with Gasteiger partial charge in [0, 0.05) is 18.3 Å². The van der Waals surface area contributed by atoms with Crippen molar-refractivity contribution in [2.45, 2.75) is 26.3 Å². The number of methoxy groups -OCH3 is 1. The highest BCUT2D eigenvalue weighted by Gasteiger charge is 2.46. The van der Waals surface area contributed by atoms with Crippen LogP contribution in [0.15, 0.2) is 54.2 Å². The molecule has 0 radical (unpaired) electrons. The first-order valence-electron chi connectivity index (χ1n) is 10.6. The van der Waals surface area contributed by atoms with Crippen LogP contribution in [0.3, 0.4) is 0 Å². The summed E-state index contributed by atoms with van der Waals surface area (Å²) < 4.78 is 5.16. The molecular formula is C24H29N3O4. The van der Waals surface area contributed by atoms with Gasteiger partial charge < -0.3 is 19.6 Å². The van der Waals surface area contributed by atoms with Crippen molar-refractivity contribution in [2.75, 3.05) is 33.3 Å². The number of hydrogen-bond acceptors (Lipinski definition) is 6. The molecule has 1 aromatic carbocycles. The van der Waals surface area contributed by atoms with E-state index in [-0.39, 0.29) is 11.3 Å². The molecule has 7 heteroatoms. The monoisotopic (exact) mass is 423 g/mol. The molecule has 0 saturated carbocycles. The number of benzene rings is 1. The van der Waals surface area contributed by atoms with Gasteiger partial charge in [-0.05, 0) is 62.5 Å². The summed E-state index contributed by atoms with van der Waals surface area (Å²) in [6.07, 6.45) is 2.35. The summed E-state index contributed by atoms with van der Waals surface area (Å²) in [5.41, 5.74) is 1.07. The van der Waals surface area contributed by atoms with Crippen molar-refractivity contribution < 1.29 is 19.4 Å². The third-order valence-electron chi connectivity index (χ3n) is 5.64. The van der Waals surface area contributed by atoms with Crippen molar-refractivity contribution in [3.8, 4) is 5.75 Å². The first-order valence-corrected chi connectivity index (χ1v) is 10.6. The zero-order chi connectivity index (χ0) is 22.4. The van der Waals surface area contributed by atoms with Gasteiger partial charge in [0.05, 0.1) is 18.4 Å². The number of rotatable bonds is 9. The highest BCUT2D eigenvalue weighted by molar-refractivity contribution is 6.46. The molecule has 31 heavy (non-hydrogen) atoms. The van der Waals surface area contributed by atoms with Crippen molar-refractivity contribution in [1.29, 1.82) is 0 Å². The average Bonchev–Trinajstić information content (AvgIpc) is 3.07. The van der Waals surface area contributed by atoms with Crippen LogP contribution in [-0.4, -0.2) is 64.9 Å². The number of carbonyl (C=O) groups excluding carboxylic acids is 2. The average molecular weight is 424 g/mol. The number of hydrogen-bond donors (Lipinski definition) is 1. The molecule has 1 atom stereocenters. The van der Waals surface area contributed by atoms with Crippen molar-refractivity contribution >= 4 is 17.4 Å². The van der Waals surface area contributed by atoms with E-state index >= 15 is 0 Å². The van der Waals surface area contributed by atoms with Gasteiger partial charge in [-0.25, -0.2) is 0 Å². The Kier molecular flexibility index (Phi) is 7.41. The summed E-state index contributed by atoms with van der Waals surface area (Å²) in [5, 5.41) is 11.0. The Balaban J connectivity index is 1.98. The highest BCUT2D eigenvalue weighted by Crippen LogP contribution is 2.38. The molecule has 2 aromatic rings. The third kappa shape index (κ3) is 4.77. The summed E-state index contributed by atoms with van der Waals surface area (Å²) in [7, 11) is 1.56. The van der Waals surface area contributed by atoms with E-state index in [1.807, 2.05) is 6.07 Å². The van der Waals surface area contributed by atoms with Crippen LogP contribution in [0.5, 0.6) is 5.75 Å². The number of aliphatic hydroxyl groups is 1. The Morgan fingerprint density at radius 2 is 1.84 bits per heavy atom. The molecule has 1 aromatic heterocycles. The Labute approximate surface area is 183 Å². The number of aliphatic hydroxyl groups excluding tert-OH is 1. The fourth-order valence-electron chi connectivity index (χ4n) is 3.86. The number of nitrogens with zero attached hydrogens (tertiary/aromatic N) is 3. The number of amides is 1. The van der Waals surface area contributed by atoms with E-state index in [2.05, 4.69) is 23.7 Å². The van der Waals surface area contributed by atoms with Gasteiger partial charge >= 0.3 is 0 Å². The molecule has 1 N–H and O–H groups in total. The van der Waals surface area contributed by atoms with E-state index in [0.717, 1.165) is 26.1 Å². The van der Waals surface area contributed by atoms with E-state index in [1.54, 1.807) is 49.7 Å². The molecule has 7 nitrogen and oxygen atoms in total. The molecule has 1 amide bonds. The highest BCUT2D eigenvalue weighted by atomic mass is 16.5. The molecule has 1 fully saturated rings. The summed E-state index contributed by atoms with van der Waals surface area (Å²) in [4.78, 5) is 34.1. The van der Waals surface area contributed by atoms with Crippen molar-refractivity contribution in [3.05, 3.63) is 65.5 Å². The Hall–Kier alpha value is -3.19. The van der Waals surface area contributed by atoms with Crippen LogP contribution in [0.2, 0.25) is 0 Å². The number of ether oxygens (including phenoxy) is 1. The maximum absolute atomic E-state index is 13.0. The van der Waals surface area contributed by atoms with Gasteiger partial charge in [-0.3, -0.25) is 14.6 Å². The maximum Gasteiger partial charge on any atom is 0.295 e. The minimum Gasteiger partial charge on any atom is -0.507 e. The van der Waals surface area contributed by atoms with Crippen LogP contribution < -0.4 is 4.74 Å². The predicted octanol–water partition coefficient (Wildman–Crippen LogP) is 3.24. The molecule has 2 heterocycles. The lowest BCUT2D eigenvalue weighted by molar-refractivity contribution is -0.140. The second-order valence-electron chi connectivity index (χ2n) is 7.36. The van der Waals surface area contributed by atoms with Crippen molar-refractivity contribution in [1.82, 2.24) is 14.8 Å². The van der Waals surface area contributed by atoms with E-state index in [9.17, 15) is 14.7 Å². The molecule has 1 aliphatic rings. The molecule has 3 rings (SSSR count). The summed E-state index contributed by atoms with van der Waals surface area (Å²) in [5.74, 6) is -0.866. The van der Waals surface area contributed by atoms with E-state index in [1.165, 1.54) is 4.90 Å². The molecule has 0 aliphatic carbocycles. The Morgan fingerprint density at radius 1 is 1.13 bits per heavy atom. The second kappa shape index (κ2) is 10.2. The van der Waals surface area contributed by atoms with Crippen LogP contribution >= 0.6 is 0 Å². The third-order valence-corrected chi connectivity index (χ3v) is 5.64. The first-order chi connectivity index (χ1) is 15.0. The van der Waals surface area contributed by atoms with E-state index in [4.69, 9.17) is 4.74 Å². The summed E-state index contributed by atoms with van der Waals surface area (Å²) >= 11 is 0. The van der Waals surface area contributed by atoms with E-state index in [0.29, 0.717) is 23.6 Å². The number of ketones is 1. The number of aromatic nitrogens is 1. The lowest BCUT2D eigenvalue weighted by atomic mass is 9.98. The number of pyridine rings is 1. The Bertz CT molecular complexity index is 937. The zero-order valence-electron chi connectivity index (χ0n) is 18.2. The van der Waals surface area contributed by atoms with Crippen LogP contribution in [0.4, 0.5) is 0 Å². The molecule has 1 saturated heterocycles. The summed E-state index contributed by atoms with van der Waals surface area (Å²) in [6.45, 7) is 7.27. The normalized spacial score (nSPS) is 18.1. The molecule has 0 unspecified atom stereocenters. The van der Waals surface area contributed by atoms with Crippen LogP contribution in [0.1, 0.15) is 37.6 Å². The molecule has 1 aliphatic heterocycles. The van der Waals surface area contributed by atoms with Gasteiger partial charge in [-0.15, -0.1) is 0 Å². The van der Waals surface area contributed by atoms with Gasteiger partial charge in [0.1, 0.15) is 17.6 Å². The van der Waals surface area contributed by atoms with E-state index < -0.39 is 17.7 Å². The van der Waals surface area contributed by atoms with Crippen LogP contribution in [0, 0.1) is 0 Å². The Morgan fingerprint density at radius 3 is 2.42 bits per heavy atom. The minimum absolute atomic E-state index is 0.0664. The predicted molar refractivity (Wildman–Crippen MR) is 119 cm³/mol. The smallest absolute Gasteiger partial charge is 0.295 e. The molecule has 0 bridgehead atoms. The standard InChI is InChI=1S/C24H29N3O4/c1-4-26(5-2)15-8-16-27-21(19-9-6-7-14-25-19)20(23(29)24(27)30)22(28)17-10-12-18(31-3)13-11-17/h6-7,9-14,21,28H,4-5,8,15-16H2,1-3H3/t21-/m0/s1. The number of Topliss-reactive ketones (excluding diaryl/α,β-unsaturated/α-hetero) is 1. The quantitative estimate of drug-likeness (QED) is 0.379. The van der Waals surface area contributed by atoms with Gasteiger partial charge in [0.15, 0.2) is 0 Å². The fourth-order valence-corrected chi connectivity index (χ4v) is 3.86. The van der Waals surface area contributed by atoms with Crippen LogP contribution in [-0.2, 0) is 9.59 Å². The van der Waals surface area contributed by atoms with Gasteiger partial charge in [0.25, 0.3) is 11.7 Å². The first kappa shape index (κ1) is 22.5. The van der Waals surface area contributed by atoms with Crippen LogP contribution in [0.25, 0.3) is 5.76 Å². The number of carbonyl (C=O) groups is 2. The maximum atomic E-state index is 13.0. The van der Waals surface area contributed by atoms with Crippen molar-refractivity contribution in [2.24, 2.45) is 0 Å². The fraction of sp³-hybridized carbons (Fsp3) is 0.375. The molecule has 164 valence electrons. The summed E-state index contributed by atoms with van der Waals surface area (Å²) in [6, 6.07) is 11.4. The number of likely N-dealkylation sites (tertiary alicyclic amines) is 1. The lowest BCUT2D eigenvalue weighted by Crippen LogP contribution is -2.33. The van der Waals surface area contributed by atoms with Gasteiger partial charge in [0.2, 0.25) is 0 Å².